The van der Waals surface area contributed by atoms with E-state index in [1.807, 2.05) is 75.4 Å². The fourth-order valence-electron chi connectivity index (χ4n) is 3.76. The number of hydrogen-bond acceptors (Lipinski definition) is 3. The highest BCUT2D eigenvalue weighted by Crippen LogP contribution is 2.27. The van der Waals surface area contributed by atoms with Crippen molar-refractivity contribution in [2.75, 3.05) is 13.2 Å². The molecule has 1 N–H and O–H groups in total. The summed E-state index contributed by atoms with van der Waals surface area (Å²) in [5.74, 6) is 0.125. The van der Waals surface area contributed by atoms with E-state index in [2.05, 4.69) is 5.32 Å². The zero-order valence-corrected chi connectivity index (χ0v) is 22.4. The minimum Gasteiger partial charge on any atom is -0.482 e. The SMILES string of the molecule is Cc1ccccc1CN(C(=O)COc1ccc(Cl)cc1Cl)C(Cc1ccccc1)C(=O)NCC(C)C. The van der Waals surface area contributed by atoms with Gasteiger partial charge in [-0.3, -0.25) is 9.59 Å². The fourth-order valence-corrected chi connectivity index (χ4v) is 4.23. The Labute approximate surface area is 223 Å². The van der Waals surface area contributed by atoms with E-state index in [1.54, 1.807) is 23.1 Å². The van der Waals surface area contributed by atoms with Crippen molar-refractivity contribution in [3.8, 4) is 5.75 Å². The molecule has 0 fully saturated rings. The summed E-state index contributed by atoms with van der Waals surface area (Å²) >= 11 is 12.2. The Kier molecular flexibility index (Phi) is 10.2. The summed E-state index contributed by atoms with van der Waals surface area (Å²) in [5.41, 5.74) is 2.97. The van der Waals surface area contributed by atoms with Crippen LogP contribution in [-0.4, -0.2) is 35.9 Å². The summed E-state index contributed by atoms with van der Waals surface area (Å²) < 4.78 is 5.77. The first kappa shape index (κ1) is 27.6. The van der Waals surface area contributed by atoms with E-state index in [1.165, 1.54) is 0 Å². The molecule has 3 aromatic rings. The number of rotatable bonds is 11. The fraction of sp³-hybridized carbons (Fsp3) is 0.310. The molecule has 3 aromatic carbocycles. The molecule has 190 valence electrons. The second-order valence-corrected chi connectivity index (χ2v) is 10.00. The Balaban J connectivity index is 1.92. The molecule has 1 unspecified atom stereocenters. The Morgan fingerprint density at radius 1 is 0.972 bits per heavy atom. The number of aryl methyl sites for hydroxylation is 1. The molecule has 0 saturated heterocycles. The van der Waals surface area contributed by atoms with Gasteiger partial charge in [0.05, 0.1) is 5.02 Å². The molecule has 0 aliphatic carbocycles. The molecule has 0 bridgehead atoms. The van der Waals surface area contributed by atoms with Gasteiger partial charge in [-0.25, -0.2) is 0 Å². The van der Waals surface area contributed by atoms with Crippen LogP contribution in [0.5, 0.6) is 5.75 Å². The summed E-state index contributed by atoms with van der Waals surface area (Å²) in [6, 6.07) is 21.7. The van der Waals surface area contributed by atoms with Crippen LogP contribution in [0.2, 0.25) is 10.0 Å². The van der Waals surface area contributed by atoms with E-state index in [0.717, 1.165) is 16.7 Å². The van der Waals surface area contributed by atoms with Gasteiger partial charge in [-0.15, -0.1) is 0 Å². The molecule has 36 heavy (non-hydrogen) atoms. The Morgan fingerprint density at radius 3 is 2.33 bits per heavy atom. The van der Waals surface area contributed by atoms with Gasteiger partial charge in [-0.2, -0.15) is 0 Å². The number of carbonyl (C=O) groups is 2. The van der Waals surface area contributed by atoms with Crippen LogP contribution in [0.25, 0.3) is 0 Å². The molecule has 0 aliphatic rings. The van der Waals surface area contributed by atoms with Crippen molar-refractivity contribution in [3.63, 3.8) is 0 Å². The molecule has 0 aliphatic heterocycles. The molecule has 5 nitrogen and oxygen atoms in total. The van der Waals surface area contributed by atoms with E-state index in [4.69, 9.17) is 27.9 Å². The highest BCUT2D eigenvalue weighted by Gasteiger charge is 2.31. The van der Waals surface area contributed by atoms with Gasteiger partial charge in [0.1, 0.15) is 11.8 Å². The van der Waals surface area contributed by atoms with E-state index in [-0.39, 0.29) is 30.9 Å². The van der Waals surface area contributed by atoms with Crippen LogP contribution in [0, 0.1) is 12.8 Å². The number of nitrogens with zero attached hydrogens (tertiary/aromatic N) is 1. The number of hydrogen-bond donors (Lipinski definition) is 1. The lowest BCUT2D eigenvalue weighted by Crippen LogP contribution is -2.52. The molecule has 7 heteroatoms. The van der Waals surface area contributed by atoms with Gasteiger partial charge in [0.15, 0.2) is 6.61 Å². The first-order valence-electron chi connectivity index (χ1n) is 12.0. The molecule has 0 spiro atoms. The summed E-state index contributed by atoms with van der Waals surface area (Å²) in [5, 5.41) is 3.81. The highest BCUT2D eigenvalue weighted by molar-refractivity contribution is 6.35. The average molecular weight is 527 g/mol. The number of carbonyl (C=O) groups excluding carboxylic acids is 2. The predicted octanol–water partition coefficient (Wildman–Crippen LogP) is 6.09. The maximum absolute atomic E-state index is 13.6. The minimum absolute atomic E-state index is 0.195. The number of halogens is 2. The lowest BCUT2D eigenvalue weighted by molar-refractivity contribution is -0.142. The van der Waals surface area contributed by atoms with Crippen molar-refractivity contribution in [1.82, 2.24) is 10.2 Å². The Morgan fingerprint density at radius 2 is 1.67 bits per heavy atom. The molecule has 2 amide bonds. The molecule has 1 atom stereocenters. The Hall–Kier alpha value is -3.02. The molecule has 0 heterocycles. The van der Waals surface area contributed by atoms with Crippen LogP contribution in [-0.2, 0) is 22.6 Å². The molecule has 0 aromatic heterocycles. The number of benzene rings is 3. The number of nitrogens with one attached hydrogen (secondary N) is 1. The van der Waals surface area contributed by atoms with Crippen molar-refractivity contribution in [2.24, 2.45) is 5.92 Å². The number of ether oxygens (including phenoxy) is 1. The lowest BCUT2D eigenvalue weighted by Gasteiger charge is -2.32. The smallest absolute Gasteiger partial charge is 0.261 e. The van der Waals surface area contributed by atoms with Crippen molar-refractivity contribution < 1.29 is 14.3 Å². The van der Waals surface area contributed by atoms with Gasteiger partial charge in [-0.05, 0) is 47.7 Å². The van der Waals surface area contributed by atoms with Crippen molar-refractivity contribution in [1.29, 1.82) is 0 Å². The summed E-state index contributed by atoms with van der Waals surface area (Å²) in [6.07, 6.45) is 0.379. The Bertz CT molecular complexity index is 1170. The molecule has 3 rings (SSSR count). The van der Waals surface area contributed by atoms with Gasteiger partial charge in [0.25, 0.3) is 5.91 Å². The van der Waals surface area contributed by atoms with Crippen LogP contribution in [0.1, 0.15) is 30.5 Å². The summed E-state index contributed by atoms with van der Waals surface area (Å²) in [6.45, 7) is 6.59. The van der Waals surface area contributed by atoms with E-state index in [9.17, 15) is 9.59 Å². The molecular weight excluding hydrogens is 495 g/mol. The zero-order chi connectivity index (χ0) is 26.1. The third-order valence-corrected chi connectivity index (χ3v) is 6.33. The van der Waals surface area contributed by atoms with Gasteiger partial charge in [0.2, 0.25) is 5.91 Å². The summed E-state index contributed by atoms with van der Waals surface area (Å²) in [7, 11) is 0. The van der Waals surface area contributed by atoms with E-state index >= 15 is 0 Å². The maximum Gasteiger partial charge on any atom is 0.261 e. The van der Waals surface area contributed by atoms with Crippen molar-refractivity contribution in [2.45, 2.75) is 39.8 Å². The van der Waals surface area contributed by atoms with E-state index in [0.29, 0.717) is 28.8 Å². The standard InChI is InChI=1S/C29H32Cl2N2O3/c1-20(2)17-32-29(35)26(15-22-10-5-4-6-11-22)33(18-23-12-8-7-9-21(23)3)28(34)19-36-27-14-13-24(30)16-25(27)31/h4-14,16,20,26H,15,17-19H2,1-3H3,(H,32,35). The van der Waals surface area contributed by atoms with Gasteiger partial charge >= 0.3 is 0 Å². The third kappa shape index (κ3) is 8.00. The quantitative estimate of drug-likeness (QED) is 0.328. The lowest BCUT2D eigenvalue weighted by atomic mass is 10.0. The monoisotopic (exact) mass is 526 g/mol. The van der Waals surface area contributed by atoms with Gasteiger partial charge < -0.3 is 15.0 Å². The van der Waals surface area contributed by atoms with Crippen LogP contribution >= 0.6 is 23.2 Å². The zero-order valence-electron chi connectivity index (χ0n) is 20.8. The topological polar surface area (TPSA) is 58.6 Å². The first-order valence-corrected chi connectivity index (χ1v) is 12.7. The first-order chi connectivity index (χ1) is 17.2. The third-order valence-electron chi connectivity index (χ3n) is 5.80. The van der Waals surface area contributed by atoms with E-state index < -0.39 is 6.04 Å². The molecule has 0 radical (unpaired) electrons. The maximum atomic E-state index is 13.6. The van der Waals surface area contributed by atoms with Crippen molar-refractivity contribution in [3.05, 3.63) is 99.5 Å². The summed E-state index contributed by atoms with van der Waals surface area (Å²) in [4.78, 5) is 28.7. The van der Waals surface area contributed by atoms with Gasteiger partial charge in [-0.1, -0.05) is 91.6 Å². The van der Waals surface area contributed by atoms with Crippen LogP contribution in [0.4, 0.5) is 0 Å². The normalized spacial score (nSPS) is 11.7. The molecule has 0 saturated carbocycles. The van der Waals surface area contributed by atoms with Crippen LogP contribution < -0.4 is 10.1 Å². The highest BCUT2D eigenvalue weighted by atomic mass is 35.5. The van der Waals surface area contributed by atoms with Gasteiger partial charge in [0, 0.05) is 24.5 Å². The molecular formula is C29H32Cl2N2O3. The number of amides is 2. The van der Waals surface area contributed by atoms with Crippen molar-refractivity contribution >= 4 is 35.0 Å². The van der Waals surface area contributed by atoms with Crippen LogP contribution in [0.15, 0.2) is 72.8 Å². The second kappa shape index (κ2) is 13.3. The predicted molar refractivity (Wildman–Crippen MR) is 145 cm³/mol. The van der Waals surface area contributed by atoms with Crippen LogP contribution in [0.3, 0.4) is 0 Å². The largest absolute Gasteiger partial charge is 0.482 e. The second-order valence-electron chi connectivity index (χ2n) is 9.16. The average Bonchev–Trinajstić information content (AvgIpc) is 2.85. The minimum atomic E-state index is -0.720.